The third-order valence-electron chi connectivity index (χ3n) is 5.62. The Morgan fingerprint density at radius 2 is 2.04 bits per heavy atom. The molecule has 0 radical (unpaired) electrons. The van der Waals surface area contributed by atoms with Crippen molar-refractivity contribution in [3.05, 3.63) is 36.2 Å². The monoisotopic (exact) mass is 411 g/mol. The third kappa shape index (κ3) is 3.00. The zero-order valence-corrected chi connectivity index (χ0v) is 15.6. The van der Waals surface area contributed by atoms with Crippen LogP contribution >= 0.6 is 0 Å². The van der Waals surface area contributed by atoms with Crippen LogP contribution in [0.4, 0.5) is 13.6 Å². The third-order valence-corrected chi connectivity index (χ3v) is 7.49. The molecule has 0 bridgehead atoms. The number of rotatable bonds is 3. The highest BCUT2D eigenvalue weighted by Gasteiger charge is 2.45. The van der Waals surface area contributed by atoms with Crippen molar-refractivity contribution in [3.8, 4) is 0 Å². The Balaban J connectivity index is 1.77. The van der Waals surface area contributed by atoms with E-state index < -0.39 is 34.1 Å². The number of carbonyl (C=O) groups is 1. The van der Waals surface area contributed by atoms with Crippen LogP contribution < -0.4 is 0 Å². The van der Waals surface area contributed by atoms with Gasteiger partial charge in [0.1, 0.15) is 0 Å². The van der Waals surface area contributed by atoms with Crippen molar-refractivity contribution in [1.82, 2.24) is 14.2 Å². The average molecular weight is 411 g/mol. The van der Waals surface area contributed by atoms with Gasteiger partial charge in [0.15, 0.2) is 0 Å². The fourth-order valence-corrected chi connectivity index (χ4v) is 6.08. The zero-order valence-electron chi connectivity index (χ0n) is 14.8. The molecule has 7 nitrogen and oxygen atoms in total. The second kappa shape index (κ2) is 6.93. The number of fused-ring (bicyclic) bond motifs is 2. The number of amides is 1. The van der Waals surface area contributed by atoms with Crippen LogP contribution in [0.1, 0.15) is 24.8 Å². The predicted molar refractivity (Wildman–Crippen MR) is 96.7 cm³/mol. The molecule has 4 rings (SSSR count). The largest absolute Gasteiger partial charge is 0.465 e. The summed E-state index contributed by atoms with van der Waals surface area (Å²) in [7, 11) is -4.08. The topological polar surface area (TPSA) is 90.8 Å². The van der Waals surface area contributed by atoms with Gasteiger partial charge in [-0.1, -0.05) is 12.1 Å². The molecule has 1 aromatic heterocycles. The average Bonchev–Trinajstić information content (AvgIpc) is 3.11. The van der Waals surface area contributed by atoms with E-state index in [4.69, 9.17) is 0 Å². The first kappa shape index (κ1) is 19.0. The fraction of sp³-hybridized carbons (Fsp3) is 0.444. The van der Waals surface area contributed by atoms with E-state index in [1.807, 2.05) is 0 Å². The zero-order chi connectivity index (χ0) is 20.1. The van der Waals surface area contributed by atoms with E-state index in [2.05, 4.69) is 4.98 Å². The van der Waals surface area contributed by atoms with Crippen LogP contribution in [0.2, 0.25) is 0 Å². The van der Waals surface area contributed by atoms with Gasteiger partial charge in [0.25, 0.3) is 6.43 Å². The molecular formula is C18H19F2N3O4S. The summed E-state index contributed by atoms with van der Waals surface area (Å²) in [5, 5.41) is 9.69. The van der Waals surface area contributed by atoms with Crippen molar-refractivity contribution >= 4 is 26.9 Å². The van der Waals surface area contributed by atoms with Gasteiger partial charge in [0.05, 0.1) is 10.9 Å². The lowest BCUT2D eigenvalue weighted by Gasteiger charge is -2.34. The molecule has 150 valence electrons. The second-order valence-electron chi connectivity index (χ2n) is 7.15. The normalized spacial score (nSPS) is 23.3. The summed E-state index contributed by atoms with van der Waals surface area (Å²) in [5.41, 5.74) is -0.430. The summed E-state index contributed by atoms with van der Waals surface area (Å²) in [6.45, 7) is 0.590. The van der Waals surface area contributed by atoms with Crippen LogP contribution in [0.5, 0.6) is 0 Å². The van der Waals surface area contributed by atoms with E-state index in [1.165, 1.54) is 27.5 Å². The van der Waals surface area contributed by atoms with E-state index in [0.29, 0.717) is 18.4 Å². The molecule has 0 spiro atoms. The highest BCUT2D eigenvalue weighted by Crippen LogP contribution is 2.37. The first-order chi connectivity index (χ1) is 13.3. The van der Waals surface area contributed by atoms with Gasteiger partial charge in [0.2, 0.25) is 10.0 Å². The SMILES string of the molecule is O=C(O)N1CCCC2CN(S(=O)(=O)c3cccc4cncc(C(F)F)c34)CC21. The first-order valence-corrected chi connectivity index (χ1v) is 10.4. The molecule has 2 unspecified atom stereocenters. The van der Waals surface area contributed by atoms with Crippen LogP contribution in [0.15, 0.2) is 35.5 Å². The number of sulfonamides is 1. The van der Waals surface area contributed by atoms with Crippen LogP contribution in [0.25, 0.3) is 10.8 Å². The Morgan fingerprint density at radius 3 is 2.75 bits per heavy atom. The van der Waals surface area contributed by atoms with Gasteiger partial charge in [-0.05, 0) is 24.8 Å². The number of benzene rings is 1. The standard InChI is InChI=1S/C18H19F2N3O4S/c19-17(20)13-8-21-7-11-3-1-5-15(16(11)13)28(26,27)22-9-12-4-2-6-23(18(24)25)14(12)10-22/h1,3,5,7-8,12,14,17H,2,4,6,9-10H2,(H,24,25). The molecule has 2 saturated heterocycles. The summed E-state index contributed by atoms with van der Waals surface area (Å²) in [6, 6.07) is 3.95. The molecule has 0 aliphatic carbocycles. The molecule has 0 saturated carbocycles. The van der Waals surface area contributed by atoms with Gasteiger partial charge < -0.3 is 10.0 Å². The van der Waals surface area contributed by atoms with Gasteiger partial charge in [-0.3, -0.25) is 4.98 Å². The van der Waals surface area contributed by atoms with Crippen LogP contribution in [-0.4, -0.2) is 59.5 Å². The molecule has 2 atom stereocenters. The minimum Gasteiger partial charge on any atom is -0.465 e. The molecule has 2 aliphatic rings. The minimum atomic E-state index is -4.08. The van der Waals surface area contributed by atoms with Crippen LogP contribution in [0, 0.1) is 5.92 Å². The summed E-state index contributed by atoms with van der Waals surface area (Å²) >= 11 is 0. The first-order valence-electron chi connectivity index (χ1n) is 8.95. The van der Waals surface area contributed by atoms with Crippen molar-refractivity contribution < 1.29 is 27.1 Å². The fourth-order valence-electron chi connectivity index (χ4n) is 4.32. The Kier molecular flexibility index (Phi) is 4.70. The number of alkyl halides is 2. The predicted octanol–water partition coefficient (Wildman–Crippen LogP) is 2.94. The molecule has 1 amide bonds. The number of nitrogens with zero attached hydrogens (tertiary/aromatic N) is 3. The molecule has 2 aromatic rings. The van der Waals surface area contributed by atoms with Gasteiger partial charge >= 0.3 is 6.09 Å². The Hall–Kier alpha value is -2.33. The summed E-state index contributed by atoms with van der Waals surface area (Å²) in [4.78, 5) is 16.4. The molecule has 1 N–H and O–H groups in total. The van der Waals surface area contributed by atoms with E-state index in [1.54, 1.807) is 6.07 Å². The van der Waals surface area contributed by atoms with Crippen molar-refractivity contribution in [1.29, 1.82) is 0 Å². The smallest absolute Gasteiger partial charge is 0.407 e. The van der Waals surface area contributed by atoms with Crippen molar-refractivity contribution in [3.63, 3.8) is 0 Å². The summed E-state index contributed by atoms with van der Waals surface area (Å²) in [6.07, 6.45) is -0.168. The number of piperidine rings is 1. The Bertz CT molecular complexity index is 1030. The highest BCUT2D eigenvalue weighted by molar-refractivity contribution is 7.89. The molecule has 1 aromatic carbocycles. The van der Waals surface area contributed by atoms with E-state index in [0.717, 1.165) is 12.6 Å². The summed E-state index contributed by atoms with van der Waals surface area (Å²) in [5.74, 6) is -0.0918. The van der Waals surface area contributed by atoms with E-state index in [-0.39, 0.29) is 29.3 Å². The lowest BCUT2D eigenvalue weighted by atomic mass is 9.92. The Labute approximate surface area is 160 Å². The summed E-state index contributed by atoms with van der Waals surface area (Å²) < 4.78 is 54.9. The molecule has 3 heterocycles. The number of carboxylic acid groups (broad SMARTS) is 1. The molecule has 28 heavy (non-hydrogen) atoms. The molecule has 10 heteroatoms. The molecule has 2 fully saturated rings. The molecule has 2 aliphatic heterocycles. The van der Waals surface area contributed by atoms with Crippen molar-refractivity contribution in [2.75, 3.05) is 19.6 Å². The van der Waals surface area contributed by atoms with Crippen molar-refractivity contribution in [2.24, 2.45) is 5.92 Å². The van der Waals surface area contributed by atoms with Gasteiger partial charge in [-0.2, -0.15) is 4.31 Å². The van der Waals surface area contributed by atoms with Crippen LogP contribution in [0.3, 0.4) is 0 Å². The number of hydrogen-bond acceptors (Lipinski definition) is 4. The maximum Gasteiger partial charge on any atom is 0.407 e. The lowest BCUT2D eigenvalue weighted by Crippen LogP contribution is -2.47. The molecular weight excluding hydrogens is 392 g/mol. The number of likely N-dealkylation sites (tertiary alicyclic amines) is 1. The van der Waals surface area contributed by atoms with E-state index >= 15 is 0 Å². The maximum absolute atomic E-state index is 13.5. The minimum absolute atomic E-state index is 0.0301. The highest BCUT2D eigenvalue weighted by atomic mass is 32.2. The Morgan fingerprint density at radius 1 is 1.25 bits per heavy atom. The van der Waals surface area contributed by atoms with Gasteiger partial charge in [0, 0.05) is 48.4 Å². The second-order valence-corrected chi connectivity index (χ2v) is 9.06. The number of aromatic nitrogens is 1. The number of pyridine rings is 1. The number of halogens is 2. The number of hydrogen-bond donors (Lipinski definition) is 1. The van der Waals surface area contributed by atoms with E-state index in [9.17, 15) is 27.1 Å². The lowest BCUT2D eigenvalue weighted by molar-refractivity contribution is 0.0960. The maximum atomic E-state index is 13.5. The van der Waals surface area contributed by atoms with Crippen molar-refractivity contribution in [2.45, 2.75) is 30.2 Å². The quantitative estimate of drug-likeness (QED) is 0.839. The van der Waals surface area contributed by atoms with Gasteiger partial charge in [-0.25, -0.2) is 22.0 Å². The van der Waals surface area contributed by atoms with Crippen LogP contribution in [-0.2, 0) is 10.0 Å². The van der Waals surface area contributed by atoms with Gasteiger partial charge in [-0.15, -0.1) is 0 Å².